The summed E-state index contributed by atoms with van der Waals surface area (Å²) in [6.45, 7) is 5.97. The fourth-order valence-corrected chi connectivity index (χ4v) is 2.99. The second kappa shape index (κ2) is 12.7. The quantitative estimate of drug-likeness (QED) is 0.501. The number of amides is 2. The molecule has 0 radical (unpaired) electrons. The van der Waals surface area contributed by atoms with Crippen molar-refractivity contribution in [3.05, 3.63) is 64.7 Å². The molecule has 2 aromatic rings. The molecule has 0 saturated heterocycles. The van der Waals surface area contributed by atoms with Crippen molar-refractivity contribution in [1.82, 2.24) is 10.6 Å². The number of nitrogens with one attached hydrogen (secondary N) is 2. The van der Waals surface area contributed by atoms with Crippen LogP contribution in [0.1, 0.15) is 36.7 Å². The Morgan fingerprint density at radius 1 is 1.00 bits per heavy atom. The van der Waals surface area contributed by atoms with E-state index in [1.165, 1.54) is 0 Å². The summed E-state index contributed by atoms with van der Waals surface area (Å²) in [5, 5.41) is 6.04. The van der Waals surface area contributed by atoms with E-state index < -0.39 is 30.4 Å². The maximum atomic E-state index is 12.5. The third-order valence-corrected chi connectivity index (χ3v) is 4.88. The molecule has 0 unspecified atom stereocenters. The first-order valence-corrected chi connectivity index (χ1v) is 10.9. The second-order valence-corrected chi connectivity index (χ2v) is 7.92. The lowest BCUT2D eigenvalue weighted by Crippen LogP contribution is -2.46. The number of ether oxygens (including phenoxy) is 2. The van der Waals surface area contributed by atoms with Gasteiger partial charge in [0.2, 0.25) is 0 Å². The molecule has 0 spiro atoms. The van der Waals surface area contributed by atoms with Gasteiger partial charge in [0.1, 0.15) is 11.8 Å². The van der Waals surface area contributed by atoms with Gasteiger partial charge < -0.3 is 20.1 Å². The molecule has 2 amide bonds. The third-order valence-electron chi connectivity index (χ3n) is 4.63. The van der Waals surface area contributed by atoms with E-state index in [0.29, 0.717) is 35.9 Å². The average molecular weight is 461 g/mol. The number of hydrogen-bond acceptors (Lipinski definition) is 5. The Hall–Kier alpha value is -3.06. The number of hydrogen-bond donors (Lipinski definition) is 2. The highest BCUT2D eigenvalue weighted by Gasteiger charge is 2.26. The Bertz CT molecular complexity index is 898. The summed E-state index contributed by atoms with van der Waals surface area (Å²) in [5.41, 5.74) is 1.43. The molecule has 0 aliphatic rings. The third kappa shape index (κ3) is 8.23. The van der Waals surface area contributed by atoms with E-state index in [4.69, 9.17) is 21.1 Å². The largest absolute Gasteiger partial charge is 0.494 e. The predicted molar refractivity (Wildman–Crippen MR) is 123 cm³/mol. The number of carbonyl (C=O) groups excluding carboxylic acids is 3. The zero-order valence-corrected chi connectivity index (χ0v) is 19.3. The van der Waals surface area contributed by atoms with Gasteiger partial charge in [-0.1, -0.05) is 37.6 Å². The van der Waals surface area contributed by atoms with Gasteiger partial charge in [0.05, 0.1) is 6.61 Å². The van der Waals surface area contributed by atoms with Gasteiger partial charge in [0, 0.05) is 17.1 Å². The van der Waals surface area contributed by atoms with Crippen LogP contribution in [0.4, 0.5) is 0 Å². The molecule has 0 saturated carbocycles. The van der Waals surface area contributed by atoms with E-state index in [1.54, 1.807) is 50.2 Å². The molecule has 32 heavy (non-hydrogen) atoms. The highest BCUT2D eigenvalue weighted by atomic mass is 35.5. The Morgan fingerprint density at radius 3 is 2.25 bits per heavy atom. The van der Waals surface area contributed by atoms with Crippen LogP contribution in [0, 0.1) is 5.92 Å². The van der Waals surface area contributed by atoms with Gasteiger partial charge in [-0.3, -0.25) is 9.59 Å². The van der Waals surface area contributed by atoms with Crippen molar-refractivity contribution < 1.29 is 23.9 Å². The molecule has 0 aliphatic carbocycles. The fourth-order valence-electron chi connectivity index (χ4n) is 2.87. The maximum Gasteiger partial charge on any atom is 0.329 e. The summed E-state index contributed by atoms with van der Waals surface area (Å²) >= 11 is 5.85. The fraction of sp³-hybridized carbons (Fsp3) is 0.375. The first-order chi connectivity index (χ1) is 15.3. The Balaban J connectivity index is 1.80. The standard InChI is InChI=1S/C24H29ClN2O5/c1-4-31-20-11-7-18(8-12-20)23(29)27-22(16(2)3)24(30)32-15-21(28)26-14-13-17-5-9-19(25)10-6-17/h5-12,16,22H,4,13-15H2,1-3H3,(H,26,28)(H,27,29)/t22-/m0/s1. The smallest absolute Gasteiger partial charge is 0.329 e. The summed E-state index contributed by atoms with van der Waals surface area (Å²) < 4.78 is 10.5. The molecule has 0 aromatic heterocycles. The summed E-state index contributed by atoms with van der Waals surface area (Å²) in [7, 11) is 0. The topological polar surface area (TPSA) is 93.7 Å². The zero-order chi connectivity index (χ0) is 23.5. The monoisotopic (exact) mass is 460 g/mol. The van der Waals surface area contributed by atoms with Gasteiger partial charge in [-0.2, -0.15) is 0 Å². The lowest BCUT2D eigenvalue weighted by molar-refractivity contribution is -0.151. The van der Waals surface area contributed by atoms with Gasteiger partial charge in [0.25, 0.3) is 11.8 Å². The van der Waals surface area contributed by atoms with Crippen molar-refractivity contribution in [1.29, 1.82) is 0 Å². The van der Waals surface area contributed by atoms with Crippen LogP contribution < -0.4 is 15.4 Å². The van der Waals surface area contributed by atoms with Crippen molar-refractivity contribution in [3.8, 4) is 5.75 Å². The molecule has 2 N–H and O–H groups in total. The number of rotatable bonds is 11. The van der Waals surface area contributed by atoms with E-state index in [9.17, 15) is 14.4 Å². The normalized spacial score (nSPS) is 11.5. The van der Waals surface area contributed by atoms with E-state index in [1.807, 2.05) is 19.1 Å². The number of benzene rings is 2. The summed E-state index contributed by atoms with van der Waals surface area (Å²) in [6, 6.07) is 13.1. The van der Waals surface area contributed by atoms with Gasteiger partial charge >= 0.3 is 5.97 Å². The van der Waals surface area contributed by atoms with Gasteiger partial charge in [0.15, 0.2) is 6.61 Å². The van der Waals surface area contributed by atoms with Crippen LogP contribution in [0.5, 0.6) is 5.75 Å². The van der Waals surface area contributed by atoms with Crippen LogP contribution in [0.2, 0.25) is 5.02 Å². The van der Waals surface area contributed by atoms with Crippen LogP contribution in [-0.2, 0) is 20.7 Å². The molecule has 0 heterocycles. The lowest BCUT2D eigenvalue weighted by atomic mass is 10.0. The molecule has 0 bridgehead atoms. The molecule has 0 fully saturated rings. The number of carbonyl (C=O) groups is 3. The van der Waals surface area contributed by atoms with Crippen LogP contribution in [0.25, 0.3) is 0 Å². The highest BCUT2D eigenvalue weighted by molar-refractivity contribution is 6.30. The molecular formula is C24H29ClN2O5. The minimum absolute atomic E-state index is 0.220. The van der Waals surface area contributed by atoms with Crippen molar-refractivity contribution in [2.75, 3.05) is 19.8 Å². The van der Waals surface area contributed by atoms with E-state index >= 15 is 0 Å². The molecule has 7 nitrogen and oxygen atoms in total. The first kappa shape index (κ1) is 25.2. The maximum absolute atomic E-state index is 12.5. The average Bonchev–Trinajstić information content (AvgIpc) is 2.77. The second-order valence-electron chi connectivity index (χ2n) is 7.49. The first-order valence-electron chi connectivity index (χ1n) is 10.5. The molecule has 2 aromatic carbocycles. The van der Waals surface area contributed by atoms with Gasteiger partial charge in [-0.05, 0) is 61.2 Å². The Labute approximate surface area is 193 Å². The van der Waals surface area contributed by atoms with Crippen LogP contribution in [0.3, 0.4) is 0 Å². The Morgan fingerprint density at radius 2 is 1.66 bits per heavy atom. The van der Waals surface area contributed by atoms with Crippen molar-refractivity contribution in [2.45, 2.75) is 33.2 Å². The van der Waals surface area contributed by atoms with Crippen molar-refractivity contribution in [3.63, 3.8) is 0 Å². The summed E-state index contributed by atoms with van der Waals surface area (Å²) in [4.78, 5) is 37.0. The Kier molecular flexibility index (Phi) is 10.0. The molecule has 0 aliphatic heterocycles. The minimum atomic E-state index is -0.879. The lowest BCUT2D eigenvalue weighted by Gasteiger charge is -2.21. The SMILES string of the molecule is CCOc1ccc(C(=O)N[C@H](C(=O)OCC(=O)NCCc2ccc(Cl)cc2)C(C)C)cc1. The summed E-state index contributed by atoms with van der Waals surface area (Å²) in [6.07, 6.45) is 0.629. The molecular weight excluding hydrogens is 432 g/mol. The van der Waals surface area contributed by atoms with E-state index in [-0.39, 0.29) is 5.92 Å². The van der Waals surface area contributed by atoms with Crippen LogP contribution in [0.15, 0.2) is 48.5 Å². The van der Waals surface area contributed by atoms with E-state index in [2.05, 4.69) is 10.6 Å². The minimum Gasteiger partial charge on any atom is -0.494 e. The van der Waals surface area contributed by atoms with Crippen molar-refractivity contribution in [2.24, 2.45) is 5.92 Å². The molecule has 172 valence electrons. The number of halogens is 1. The van der Waals surface area contributed by atoms with Crippen LogP contribution >= 0.6 is 11.6 Å². The number of esters is 1. The predicted octanol–water partition coefficient (Wildman–Crippen LogP) is 3.40. The molecule has 2 rings (SSSR count). The van der Waals surface area contributed by atoms with Crippen LogP contribution in [-0.4, -0.2) is 43.6 Å². The molecule has 8 heteroatoms. The zero-order valence-electron chi connectivity index (χ0n) is 18.5. The molecule has 1 atom stereocenters. The van der Waals surface area contributed by atoms with Gasteiger partial charge in [-0.25, -0.2) is 4.79 Å². The van der Waals surface area contributed by atoms with E-state index in [0.717, 1.165) is 5.56 Å². The van der Waals surface area contributed by atoms with Gasteiger partial charge in [-0.15, -0.1) is 0 Å². The van der Waals surface area contributed by atoms with Crippen molar-refractivity contribution >= 4 is 29.4 Å². The summed E-state index contributed by atoms with van der Waals surface area (Å²) in [5.74, 6) is -1.04. The highest BCUT2D eigenvalue weighted by Crippen LogP contribution is 2.13.